The minimum absolute atomic E-state index is 0.0376. The molecule has 4 nitrogen and oxygen atoms in total. The second-order valence-corrected chi connectivity index (χ2v) is 17.1. The highest BCUT2D eigenvalue weighted by molar-refractivity contribution is 7.66. The van der Waals surface area contributed by atoms with Gasteiger partial charge >= 0.3 is 0 Å². The van der Waals surface area contributed by atoms with E-state index in [2.05, 4.69) is 116 Å². The standard InChI is InChI=1S/C34H49N2O2P/c1-10-16-34(11-2)30-20-29-26(25-14-12-13-15-28(25)32(29,5)6)19-31(30)36-24(4)27(21-35-39(34,8)9)23(3)33(7)22-37-17-18-38-33/h10,12-16,19-20,23-24,27,36H,11,17-18,21-22H2,1-9H3. The van der Waals surface area contributed by atoms with E-state index in [1.165, 1.54) is 33.5 Å². The van der Waals surface area contributed by atoms with Crippen LogP contribution in [0.1, 0.15) is 71.6 Å². The molecule has 2 heterocycles. The predicted molar refractivity (Wildman–Crippen MR) is 168 cm³/mol. The Morgan fingerprint density at radius 3 is 2.49 bits per heavy atom. The Bertz CT molecular complexity index is 1320. The maximum absolute atomic E-state index is 6.38. The third kappa shape index (κ3) is 4.46. The lowest BCUT2D eigenvalue weighted by atomic mass is 9.76. The van der Waals surface area contributed by atoms with E-state index >= 15 is 0 Å². The third-order valence-corrected chi connectivity index (χ3v) is 14.0. The van der Waals surface area contributed by atoms with E-state index in [-0.39, 0.29) is 28.1 Å². The van der Waals surface area contributed by atoms with Crippen LogP contribution in [0.15, 0.2) is 53.3 Å². The molecule has 5 atom stereocenters. The van der Waals surface area contributed by atoms with Gasteiger partial charge in [-0.25, -0.2) is 0 Å². The van der Waals surface area contributed by atoms with Crippen LogP contribution in [0.3, 0.4) is 0 Å². The molecule has 2 aliphatic heterocycles. The highest BCUT2D eigenvalue weighted by Gasteiger charge is 2.46. The largest absolute Gasteiger partial charge is 0.382 e. The normalized spacial score (nSPS) is 32.0. The minimum Gasteiger partial charge on any atom is -0.382 e. The van der Waals surface area contributed by atoms with Gasteiger partial charge in [0.05, 0.1) is 25.4 Å². The molecule has 1 N–H and O–H groups in total. The lowest BCUT2D eigenvalue weighted by molar-refractivity contribution is -0.179. The Balaban J connectivity index is 1.73. The summed E-state index contributed by atoms with van der Waals surface area (Å²) in [6.45, 7) is 23.9. The zero-order valence-electron chi connectivity index (χ0n) is 25.6. The van der Waals surface area contributed by atoms with Crippen molar-refractivity contribution in [1.29, 1.82) is 0 Å². The van der Waals surface area contributed by atoms with Crippen molar-refractivity contribution in [2.75, 3.05) is 45.0 Å². The first-order valence-electron chi connectivity index (χ1n) is 14.9. The summed E-state index contributed by atoms with van der Waals surface area (Å²) in [5.41, 5.74) is 7.92. The summed E-state index contributed by atoms with van der Waals surface area (Å²) in [7, 11) is -1.81. The van der Waals surface area contributed by atoms with E-state index in [9.17, 15) is 0 Å². The molecular weight excluding hydrogens is 499 g/mol. The molecule has 212 valence electrons. The average Bonchev–Trinajstić information content (AvgIpc) is 3.14. The number of rotatable bonds is 4. The average molecular weight is 549 g/mol. The van der Waals surface area contributed by atoms with Crippen molar-refractivity contribution < 1.29 is 9.47 Å². The van der Waals surface area contributed by atoms with E-state index in [4.69, 9.17) is 14.2 Å². The van der Waals surface area contributed by atoms with Crippen LogP contribution < -0.4 is 5.32 Å². The molecule has 0 radical (unpaired) electrons. The van der Waals surface area contributed by atoms with Crippen LogP contribution in [-0.2, 0) is 20.0 Å². The molecule has 39 heavy (non-hydrogen) atoms. The summed E-state index contributed by atoms with van der Waals surface area (Å²) in [6, 6.07) is 14.2. The van der Waals surface area contributed by atoms with Crippen LogP contribution >= 0.6 is 7.05 Å². The Morgan fingerprint density at radius 1 is 1.08 bits per heavy atom. The van der Waals surface area contributed by atoms with E-state index in [1.54, 1.807) is 0 Å². The van der Waals surface area contributed by atoms with Gasteiger partial charge < -0.3 is 19.5 Å². The number of allylic oxidation sites excluding steroid dienone is 2. The van der Waals surface area contributed by atoms with Gasteiger partial charge in [-0.2, -0.15) is 0 Å². The van der Waals surface area contributed by atoms with Crippen molar-refractivity contribution in [3.63, 3.8) is 0 Å². The number of ether oxygens (including phenoxy) is 2. The second kappa shape index (κ2) is 10.2. The van der Waals surface area contributed by atoms with Gasteiger partial charge in [0.25, 0.3) is 0 Å². The van der Waals surface area contributed by atoms with Crippen LogP contribution in [0, 0.1) is 11.8 Å². The number of nitrogens with one attached hydrogen (secondary N) is 1. The molecule has 2 aromatic rings. The zero-order valence-corrected chi connectivity index (χ0v) is 26.5. The minimum atomic E-state index is -1.81. The molecule has 5 heteroatoms. The lowest BCUT2D eigenvalue weighted by Gasteiger charge is -2.43. The summed E-state index contributed by atoms with van der Waals surface area (Å²) < 4.78 is 18.0. The summed E-state index contributed by atoms with van der Waals surface area (Å²) >= 11 is 0. The number of nitrogens with zero attached hydrogens (tertiary/aromatic N) is 1. The highest BCUT2D eigenvalue weighted by atomic mass is 31.2. The van der Waals surface area contributed by atoms with E-state index < -0.39 is 7.05 Å². The molecule has 0 amide bonds. The fraction of sp³-hybridized carbons (Fsp3) is 0.588. The van der Waals surface area contributed by atoms with Crippen molar-refractivity contribution in [2.45, 2.75) is 77.1 Å². The van der Waals surface area contributed by atoms with Crippen LogP contribution in [-0.4, -0.2) is 51.3 Å². The molecule has 0 spiro atoms. The fourth-order valence-electron chi connectivity index (χ4n) is 7.66. The van der Waals surface area contributed by atoms with Crippen LogP contribution in [0.25, 0.3) is 11.1 Å². The molecule has 3 aliphatic rings. The predicted octanol–water partition coefficient (Wildman–Crippen LogP) is 8.51. The fourth-order valence-corrected chi connectivity index (χ4v) is 10.6. The molecule has 2 aromatic carbocycles. The number of benzene rings is 2. The van der Waals surface area contributed by atoms with Gasteiger partial charge in [-0.05, 0) is 87.4 Å². The molecule has 5 rings (SSSR count). The highest BCUT2D eigenvalue weighted by Crippen LogP contribution is 2.66. The maximum Gasteiger partial charge on any atom is 0.0917 e. The number of fused-ring (bicyclic) bond motifs is 4. The van der Waals surface area contributed by atoms with Crippen molar-refractivity contribution in [1.82, 2.24) is 0 Å². The van der Waals surface area contributed by atoms with Crippen molar-refractivity contribution >= 4 is 12.7 Å². The van der Waals surface area contributed by atoms with Crippen molar-refractivity contribution in [2.24, 2.45) is 16.6 Å². The molecule has 5 unspecified atom stereocenters. The topological polar surface area (TPSA) is 42.8 Å². The van der Waals surface area contributed by atoms with E-state index in [0.717, 1.165) is 13.0 Å². The van der Waals surface area contributed by atoms with Gasteiger partial charge in [0.1, 0.15) is 0 Å². The van der Waals surface area contributed by atoms with Gasteiger partial charge in [-0.3, -0.25) is 0 Å². The molecule has 1 aliphatic carbocycles. The molecule has 1 saturated heterocycles. The zero-order chi connectivity index (χ0) is 28.2. The Labute approximate surface area is 237 Å². The van der Waals surface area contributed by atoms with Crippen molar-refractivity contribution in [3.8, 4) is 11.1 Å². The Morgan fingerprint density at radius 2 is 1.82 bits per heavy atom. The Hall–Kier alpha value is -1.87. The smallest absolute Gasteiger partial charge is 0.0917 e. The maximum atomic E-state index is 6.38. The first kappa shape index (κ1) is 28.7. The lowest BCUT2D eigenvalue weighted by Crippen LogP contribution is -2.51. The van der Waals surface area contributed by atoms with Gasteiger partial charge in [-0.15, -0.1) is 0 Å². The van der Waals surface area contributed by atoms with Gasteiger partial charge in [0.2, 0.25) is 0 Å². The SMILES string of the molecule is CC=CC1(CC)c2cc3c(cc2NC(C)C(C(C)C2(C)COCCO2)CN=P1(C)C)-c1ccccc1C3(C)C. The summed E-state index contributed by atoms with van der Waals surface area (Å²) in [5.74, 6) is 0.608. The van der Waals surface area contributed by atoms with Gasteiger partial charge in [0, 0.05) is 34.8 Å². The summed E-state index contributed by atoms with van der Waals surface area (Å²) in [4.78, 5) is 0. The van der Waals surface area contributed by atoms with Crippen LogP contribution in [0.5, 0.6) is 0 Å². The molecule has 0 saturated carbocycles. The van der Waals surface area contributed by atoms with E-state index in [0.29, 0.717) is 25.7 Å². The molecule has 0 bridgehead atoms. The first-order valence-corrected chi connectivity index (χ1v) is 17.5. The number of hydrogen-bond donors (Lipinski definition) is 1. The quantitative estimate of drug-likeness (QED) is 0.308. The number of anilines is 1. The Kier molecular flexibility index (Phi) is 7.49. The van der Waals surface area contributed by atoms with Crippen molar-refractivity contribution in [3.05, 3.63) is 65.2 Å². The second-order valence-electron chi connectivity index (χ2n) is 13.2. The number of hydrogen-bond acceptors (Lipinski definition) is 4. The van der Waals surface area contributed by atoms with Crippen LogP contribution in [0.2, 0.25) is 0 Å². The molecular formula is C34H49N2O2P. The first-order chi connectivity index (χ1) is 18.4. The third-order valence-electron chi connectivity index (χ3n) is 10.5. The summed E-state index contributed by atoms with van der Waals surface area (Å²) in [5, 5.41) is 3.96. The van der Waals surface area contributed by atoms with E-state index in [1.807, 2.05) is 0 Å². The molecule has 0 aromatic heterocycles. The monoisotopic (exact) mass is 548 g/mol. The van der Waals surface area contributed by atoms with Gasteiger partial charge in [-0.1, -0.05) is 70.2 Å². The van der Waals surface area contributed by atoms with Gasteiger partial charge in [0.15, 0.2) is 0 Å². The molecule has 1 fully saturated rings. The summed E-state index contributed by atoms with van der Waals surface area (Å²) in [6.07, 6.45) is 5.75. The van der Waals surface area contributed by atoms with Crippen LogP contribution in [0.4, 0.5) is 5.69 Å².